The number of anilines is 2. The van der Waals surface area contributed by atoms with Gasteiger partial charge in [0, 0.05) is 31.3 Å². The number of benzene rings is 1. The molecule has 0 aliphatic heterocycles. The average molecular weight is 286 g/mol. The smallest absolute Gasteiger partial charge is 0.163 e. The van der Waals surface area contributed by atoms with Gasteiger partial charge in [-0.2, -0.15) is 0 Å². The number of aromatic nitrogens is 2. The second-order valence-corrected chi connectivity index (χ2v) is 4.63. The summed E-state index contributed by atoms with van der Waals surface area (Å²) in [6.45, 7) is 6.35. The van der Waals surface area contributed by atoms with Gasteiger partial charge in [-0.15, -0.1) is 0 Å². The van der Waals surface area contributed by atoms with Gasteiger partial charge < -0.3 is 15.3 Å². The van der Waals surface area contributed by atoms with Gasteiger partial charge >= 0.3 is 0 Å². The molecule has 1 aromatic heterocycles. The van der Waals surface area contributed by atoms with Gasteiger partial charge in [-0.1, -0.05) is 30.3 Å². The molecule has 2 aromatic rings. The molecule has 0 spiro atoms. The SMILES string of the molecule is CCNc1cc(N(CC)CCO)nc(-c2ccccc2)n1. The van der Waals surface area contributed by atoms with E-state index in [4.69, 9.17) is 0 Å². The monoisotopic (exact) mass is 286 g/mol. The molecule has 0 saturated heterocycles. The van der Waals surface area contributed by atoms with Crippen molar-refractivity contribution in [1.82, 2.24) is 9.97 Å². The molecule has 0 bridgehead atoms. The Hall–Kier alpha value is -2.14. The molecule has 1 aromatic carbocycles. The van der Waals surface area contributed by atoms with Gasteiger partial charge in [0.2, 0.25) is 0 Å². The summed E-state index contributed by atoms with van der Waals surface area (Å²) in [5, 5.41) is 12.4. The van der Waals surface area contributed by atoms with E-state index >= 15 is 0 Å². The van der Waals surface area contributed by atoms with Crippen molar-refractivity contribution in [3.8, 4) is 11.4 Å². The van der Waals surface area contributed by atoms with Crippen molar-refractivity contribution < 1.29 is 5.11 Å². The van der Waals surface area contributed by atoms with E-state index < -0.39 is 0 Å². The summed E-state index contributed by atoms with van der Waals surface area (Å²) < 4.78 is 0. The van der Waals surface area contributed by atoms with Crippen LogP contribution in [0.4, 0.5) is 11.6 Å². The van der Waals surface area contributed by atoms with Crippen molar-refractivity contribution in [3.05, 3.63) is 36.4 Å². The zero-order valence-electron chi connectivity index (χ0n) is 12.6. The lowest BCUT2D eigenvalue weighted by Gasteiger charge is -2.22. The van der Waals surface area contributed by atoms with Crippen LogP contribution in [0.15, 0.2) is 36.4 Å². The van der Waals surface area contributed by atoms with Crippen LogP contribution in [0.1, 0.15) is 13.8 Å². The van der Waals surface area contributed by atoms with Crippen LogP contribution in [0.25, 0.3) is 11.4 Å². The summed E-state index contributed by atoms with van der Waals surface area (Å²) in [4.78, 5) is 11.2. The van der Waals surface area contributed by atoms with E-state index in [1.54, 1.807) is 0 Å². The van der Waals surface area contributed by atoms with Crippen LogP contribution in [0.3, 0.4) is 0 Å². The Morgan fingerprint density at radius 1 is 1.14 bits per heavy atom. The van der Waals surface area contributed by atoms with Crippen LogP contribution in [-0.2, 0) is 0 Å². The summed E-state index contributed by atoms with van der Waals surface area (Å²) in [7, 11) is 0. The first-order chi connectivity index (χ1) is 10.3. The first kappa shape index (κ1) is 15.3. The van der Waals surface area contributed by atoms with Crippen LogP contribution in [0.5, 0.6) is 0 Å². The predicted molar refractivity (Wildman–Crippen MR) is 86.6 cm³/mol. The minimum absolute atomic E-state index is 0.106. The Bertz CT molecular complexity index is 559. The summed E-state index contributed by atoms with van der Waals surface area (Å²) in [5.41, 5.74) is 0.985. The van der Waals surface area contributed by atoms with E-state index in [2.05, 4.69) is 15.3 Å². The number of aliphatic hydroxyl groups is 1. The molecule has 0 fully saturated rings. The molecule has 0 unspecified atom stereocenters. The fourth-order valence-electron chi connectivity index (χ4n) is 2.14. The third-order valence-electron chi connectivity index (χ3n) is 3.18. The van der Waals surface area contributed by atoms with Crippen LogP contribution in [0.2, 0.25) is 0 Å². The van der Waals surface area contributed by atoms with Crippen molar-refractivity contribution >= 4 is 11.6 Å². The van der Waals surface area contributed by atoms with E-state index in [0.29, 0.717) is 12.4 Å². The first-order valence-corrected chi connectivity index (χ1v) is 7.32. The fraction of sp³-hybridized carbons (Fsp3) is 0.375. The molecule has 0 saturated carbocycles. The maximum atomic E-state index is 9.19. The minimum Gasteiger partial charge on any atom is -0.395 e. The van der Waals surface area contributed by atoms with Crippen LogP contribution < -0.4 is 10.2 Å². The van der Waals surface area contributed by atoms with Crippen LogP contribution in [-0.4, -0.2) is 41.3 Å². The Morgan fingerprint density at radius 2 is 1.90 bits per heavy atom. The summed E-state index contributed by atoms with van der Waals surface area (Å²) >= 11 is 0. The second-order valence-electron chi connectivity index (χ2n) is 4.63. The molecule has 0 atom stereocenters. The Labute approximate surface area is 125 Å². The molecule has 112 valence electrons. The average Bonchev–Trinajstić information content (AvgIpc) is 2.53. The largest absolute Gasteiger partial charge is 0.395 e. The second kappa shape index (κ2) is 7.59. The molecule has 21 heavy (non-hydrogen) atoms. The zero-order chi connectivity index (χ0) is 15.1. The van der Waals surface area contributed by atoms with E-state index in [0.717, 1.165) is 30.3 Å². The van der Waals surface area contributed by atoms with Gasteiger partial charge in [0.15, 0.2) is 5.82 Å². The molecule has 2 N–H and O–H groups in total. The number of nitrogens with zero attached hydrogens (tertiary/aromatic N) is 3. The highest BCUT2D eigenvalue weighted by atomic mass is 16.3. The number of hydrogen-bond acceptors (Lipinski definition) is 5. The van der Waals surface area contributed by atoms with Gasteiger partial charge in [0.25, 0.3) is 0 Å². The third kappa shape index (κ3) is 3.92. The highest BCUT2D eigenvalue weighted by molar-refractivity contribution is 5.61. The van der Waals surface area contributed by atoms with Crippen LogP contribution in [0, 0.1) is 0 Å². The molecule has 5 nitrogen and oxygen atoms in total. The molecule has 0 aliphatic rings. The quantitative estimate of drug-likeness (QED) is 0.818. The van der Waals surface area contributed by atoms with E-state index in [1.807, 2.05) is 55.1 Å². The molecule has 5 heteroatoms. The maximum absolute atomic E-state index is 9.19. The van der Waals surface area contributed by atoms with Crippen molar-refractivity contribution in [1.29, 1.82) is 0 Å². The maximum Gasteiger partial charge on any atom is 0.163 e. The number of hydrogen-bond donors (Lipinski definition) is 2. The Morgan fingerprint density at radius 3 is 2.52 bits per heavy atom. The predicted octanol–water partition coefficient (Wildman–Crippen LogP) is 2.39. The van der Waals surface area contributed by atoms with E-state index in [-0.39, 0.29) is 6.61 Å². The highest BCUT2D eigenvalue weighted by Crippen LogP contribution is 2.22. The van der Waals surface area contributed by atoms with Crippen LogP contribution >= 0.6 is 0 Å². The normalized spacial score (nSPS) is 10.4. The summed E-state index contributed by atoms with van der Waals surface area (Å²) in [6.07, 6.45) is 0. The number of likely N-dealkylation sites (N-methyl/N-ethyl adjacent to an activating group) is 1. The molecular weight excluding hydrogens is 264 g/mol. The van der Waals surface area contributed by atoms with Gasteiger partial charge in [0.1, 0.15) is 11.6 Å². The lowest BCUT2D eigenvalue weighted by Crippen LogP contribution is -2.27. The topological polar surface area (TPSA) is 61.3 Å². The van der Waals surface area contributed by atoms with E-state index in [9.17, 15) is 5.11 Å². The Kier molecular flexibility index (Phi) is 5.51. The third-order valence-corrected chi connectivity index (χ3v) is 3.18. The fourth-order valence-corrected chi connectivity index (χ4v) is 2.14. The number of nitrogens with one attached hydrogen (secondary N) is 1. The number of rotatable bonds is 7. The molecule has 0 amide bonds. The Balaban J connectivity index is 2.43. The first-order valence-electron chi connectivity index (χ1n) is 7.32. The van der Waals surface area contributed by atoms with Crippen molar-refractivity contribution in [3.63, 3.8) is 0 Å². The molecule has 2 rings (SSSR count). The molecule has 0 radical (unpaired) electrons. The molecular formula is C16H22N4O. The van der Waals surface area contributed by atoms with Gasteiger partial charge in [-0.25, -0.2) is 9.97 Å². The standard InChI is InChI=1S/C16H22N4O/c1-3-17-14-12-15(20(4-2)10-11-21)19-16(18-14)13-8-6-5-7-9-13/h5-9,12,21H,3-4,10-11H2,1-2H3,(H,17,18,19). The zero-order valence-corrected chi connectivity index (χ0v) is 12.6. The summed E-state index contributed by atoms with van der Waals surface area (Å²) in [5.74, 6) is 2.33. The van der Waals surface area contributed by atoms with Gasteiger partial charge in [0.05, 0.1) is 6.61 Å². The van der Waals surface area contributed by atoms with Gasteiger partial charge in [-0.05, 0) is 13.8 Å². The molecule has 1 heterocycles. The summed E-state index contributed by atoms with van der Waals surface area (Å²) in [6, 6.07) is 11.8. The molecule has 0 aliphatic carbocycles. The van der Waals surface area contributed by atoms with Crippen molar-refractivity contribution in [2.45, 2.75) is 13.8 Å². The van der Waals surface area contributed by atoms with Crippen molar-refractivity contribution in [2.24, 2.45) is 0 Å². The van der Waals surface area contributed by atoms with E-state index in [1.165, 1.54) is 0 Å². The minimum atomic E-state index is 0.106. The number of aliphatic hydroxyl groups excluding tert-OH is 1. The lowest BCUT2D eigenvalue weighted by molar-refractivity contribution is 0.302. The van der Waals surface area contributed by atoms with Crippen molar-refractivity contribution in [2.75, 3.05) is 36.5 Å². The lowest BCUT2D eigenvalue weighted by atomic mass is 10.2. The van der Waals surface area contributed by atoms with Gasteiger partial charge in [-0.3, -0.25) is 0 Å². The highest BCUT2D eigenvalue weighted by Gasteiger charge is 2.11.